The SMILES string of the molecule is Brc1ccc(C(NC2CC2)c2nccs2)nc1. The van der Waals surface area contributed by atoms with Gasteiger partial charge in [0.25, 0.3) is 0 Å². The minimum absolute atomic E-state index is 0.135. The Morgan fingerprint density at radius 2 is 2.24 bits per heavy atom. The van der Waals surface area contributed by atoms with E-state index in [0.29, 0.717) is 6.04 Å². The second-order valence-electron chi connectivity index (χ2n) is 4.15. The molecule has 88 valence electrons. The van der Waals surface area contributed by atoms with E-state index in [9.17, 15) is 0 Å². The monoisotopic (exact) mass is 309 g/mol. The maximum Gasteiger partial charge on any atom is 0.116 e. The van der Waals surface area contributed by atoms with E-state index < -0.39 is 0 Å². The average molecular weight is 310 g/mol. The lowest BCUT2D eigenvalue weighted by molar-refractivity contribution is 0.585. The molecule has 1 unspecified atom stereocenters. The summed E-state index contributed by atoms with van der Waals surface area (Å²) in [4.78, 5) is 8.87. The Balaban J connectivity index is 1.89. The standard InChI is InChI=1S/C12H12BrN3S/c13-8-1-4-10(15-7-8)11(16-9-2-3-9)12-14-5-6-17-12/h1,4-7,9,11,16H,2-3H2. The maximum atomic E-state index is 4.47. The Kier molecular flexibility index (Phi) is 3.22. The number of nitrogens with zero attached hydrogens (tertiary/aromatic N) is 2. The molecule has 2 heterocycles. The molecule has 17 heavy (non-hydrogen) atoms. The quantitative estimate of drug-likeness (QED) is 0.943. The van der Waals surface area contributed by atoms with Gasteiger partial charge in [-0.3, -0.25) is 4.98 Å². The van der Waals surface area contributed by atoms with Crippen molar-refractivity contribution in [1.82, 2.24) is 15.3 Å². The molecule has 0 aliphatic heterocycles. The molecular weight excluding hydrogens is 298 g/mol. The van der Waals surface area contributed by atoms with Gasteiger partial charge in [0, 0.05) is 28.3 Å². The van der Waals surface area contributed by atoms with Gasteiger partial charge >= 0.3 is 0 Å². The third kappa shape index (κ3) is 2.73. The van der Waals surface area contributed by atoms with Gasteiger partial charge in [-0.1, -0.05) is 0 Å². The van der Waals surface area contributed by atoms with Crippen molar-refractivity contribution in [2.45, 2.75) is 24.9 Å². The van der Waals surface area contributed by atoms with Crippen LogP contribution in [-0.4, -0.2) is 16.0 Å². The van der Waals surface area contributed by atoms with Crippen molar-refractivity contribution < 1.29 is 0 Å². The fraction of sp³-hybridized carbons (Fsp3) is 0.333. The molecular formula is C12H12BrN3S. The van der Waals surface area contributed by atoms with Crippen LogP contribution in [0.1, 0.15) is 29.6 Å². The summed E-state index contributed by atoms with van der Waals surface area (Å²) in [6.07, 6.45) is 6.21. The first-order valence-electron chi connectivity index (χ1n) is 5.60. The summed E-state index contributed by atoms with van der Waals surface area (Å²) >= 11 is 5.09. The molecule has 1 saturated carbocycles. The third-order valence-corrected chi connectivity index (χ3v) is 4.03. The molecule has 1 fully saturated rings. The van der Waals surface area contributed by atoms with Gasteiger partial charge in [-0.2, -0.15) is 0 Å². The first-order chi connectivity index (χ1) is 8.33. The highest BCUT2D eigenvalue weighted by Crippen LogP contribution is 2.29. The van der Waals surface area contributed by atoms with Crippen LogP contribution in [0.25, 0.3) is 0 Å². The lowest BCUT2D eigenvalue weighted by atomic mass is 10.2. The number of hydrogen-bond donors (Lipinski definition) is 1. The first kappa shape index (κ1) is 11.3. The Bertz CT molecular complexity index is 479. The van der Waals surface area contributed by atoms with Crippen LogP contribution in [0.3, 0.4) is 0 Å². The van der Waals surface area contributed by atoms with Gasteiger partial charge in [-0.05, 0) is 40.9 Å². The summed E-state index contributed by atoms with van der Waals surface area (Å²) in [6.45, 7) is 0. The number of rotatable bonds is 4. The Labute approximate surface area is 112 Å². The van der Waals surface area contributed by atoms with E-state index in [1.165, 1.54) is 12.8 Å². The van der Waals surface area contributed by atoms with Gasteiger partial charge < -0.3 is 5.32 Å². The summed E-state index contributed by atoms with van der Waals surface area (Å²) in [5, 5.41) is 6.70. The highest BCUT2D eigenvalue weighted by atomic mass is 79.9. The Morgan fingerprint density at radius 3 is 2.82 bits per heavy atom. The normalized spacial score (nSPS) is 17.0. The largest absolute Gasteiger partial charge is 0.300 e. The molecule has 0 amide bonds. The average Bonchev–Trinajstić information content (AvgIpc) is 3.00. The van der Waals surface area contributed by atoms with Gasteiger partial charge in [0.15, 0.2) is 0 Å². The zero-order chi connectivity index (χ0) is 11.7. The van der Waals surface area contributed by atoms with E-state index in [1.54, 1.807) is 11.3 Å². The number of halogens is 1. The molecule has 0 saturated heterocycles. The fourth-order valence-corrected chi connectivity index (χ4v) is 2.65. The fourth-order valence-electron chi connectivity index (χ4n) is 1.70. The first-order valence-corrected chi connectivity index (χ1v) is 7.27. The van der Waals surface area contributed by atoms with E-state index in [0.717, 1.165) is 15.2 Å². The molecule has 0 radical (unpaired) electrons. The summed E-state index contributed by atoms with van der Waals surface area (Å²) in [5.41, 5.74) is 1.04. The molecule has 1 aliphatic rings. The minimum Gasteiger partial charge on any atom is -0.300 e. The van der Waals surface area contributed by atoms with Crippen LogP contribution in [0, 0.1) is 0 Å². The molecule has 5 heteroatoms. The van der Waals surface area contributed by atoms with E-state index in [2.05, 4.69) is 31.2 Å². The van der Waals surface area contributed by atoms with Crippen LogP contribution in [0.2, 0.25) is 0 Å². The molecule has 0 spiro atoms. The van der Waals surface area contributed by atoms with Crippen LogP contribution in [0.4, 0.5) is 0 Å². The van der Waals surface area contributed by atoms with Gasteiger partial charge in [0.1, 0.15) is 11.0 Å². The predicted octanol–water partition coefficient (Wildman–Crippen LogP) is 3.14. The van der Waals surface area contributed by atoms with Gasteiger partial charge in [-0.25, -0.2) is 4.98 Å². The van der Waals surface area contributed by atoms with Crippen molar-refractivity contribution >= 4 is 27.3 Å². The van der Waals surface area contributed by atoms with Crippen molar-refractivity contribution in [3.8, 4) is 0 Å². The van der Waals surface area contributed by atoms with Crippen LogP contribution < -0.4 is 5.32 Å². The molecule has 1 N–H and O–H groups in total. The summed E-state index contributed by atoms with van der Waals surface area (Å²) in [6, 6.07) is 4.84. The molecule has 1 atom stereocenters. The molecule has 2 aromatic heterocycles. The van der Waals surface area contributed by atoms with Crippen molar-refractivity contribution in [3.63, 3.8) is 0 Å². The van der Waals surface area contributed by atoms with Crippen LogP contribution in [-0.2, 0) is 0 Å². The second-order valence-corrected chi connectivity index (χ2v) is 5.99. The molecule has 0 aromatic carbocycles. The number of thiazole rings is 1. The van der Waals surface area contributed by atoms with Gasteiger partial charge in [0.05, 0.1) is 5.69 Å². The topological polar surface area (TPSA) is 37.8 Å². The number of aromatic nitrogens is 2. The van der Waals surface area contributed by atoms with Crippen LogP contribution >= 0.6 is 27.3 Å². The molecule has 3 rings (SSSR count). The van der Waals surface area contributed by atoms with E-state index >= 15 is 0 Å². The number of nitrogens with one attached hydrogen (secondary N) is 1. The lowest BCUT2D eigenvalue weighted by Gasteiger charge is -2.15. The Morgan fingerprint density at radius 1 is 1.35 bits per heavy atom. The summed E-state index contributed by atoms with van der Waals surface area (Å²) in [5.74, 6) is 0. The van der Waals surface area contributed by atoms with Crippen molar-refractivity contribution in [2.75, 3.05) is 0 Å². The van der Waals surface area contributed by atoms with E-state index in [-0.39, 0.29) is 6.04 Å². The minimum atomic E-state index is 0.135. The second kappa shape index (κ2) is 4.84. The van der Waals surface area contributed by atoms with Crippen LogP contribution in [0.15, 0.2) is 34.4 Å². The van der Waals surface area contributed by atoms with Crippen molar-refractivity contribution in [1.29, 1.82) is 0 Å². The number of hydrogen-bond acceptors (Lipinski definition) is 4. The summed E-state index contributed by atoms with van der Waals surface area (Å²) in [7, 11) is 0. The van der Waals surface area contributed by atoms with E-state index in [1.807, 2.05) is 29.9 Å². The van der Waals surface area contributed by atoms with Crippen molar-refractivity contribution in [3.05, 3.63) is 45.1 Å². The van der Waals surface area contributed by atoms with Gasteiger partial charge in [-0.15, -0.1) is 11.3 Å². The number of pyridine rings is 1. The molecule has 0 bridgehead atoms. The lowest BCUT2D eigenvalue weighted by Crippen LogP contribution is -2.25. The zero-order valence-electron chi connectivity index (χ0n) is 9.14. The molecule has 3 nitrogen and oxygen atoms in total. The van der Waals surface area contributed by atoms with Crippen LogP contribution in [0.5, 0.6) is 0 Å². The third-order valence-electron chi connectivity index (χ3n) is 2.72. The predicted molar refractivity (Wildman–Crippen MR) is 72.1 cm³/mol. The Hall–Kier alpha value is -0.780. The highest BCUT2D eigenvalue weighted by Gasteiger charge is 2.28. The van der Waals surface area contributed by atoms with Gasteiger partial charge in [0.2, 0.25) is 0 Å². The van der Waals surface area contributed by atoms with Crippen molar-refractivity contribution in [2.24, 2.45) is 0 Å². The summed E-state index contributed by atoms with van der Waals surface area (Å²) < 4.78 is 1.01. The zero-order valence-corrected chi connectivity index (χ0v) is 11.5. The highest BCUT2D eigenvalue weighted by molar-refractivity contribution is 9.10. The smallest absolute Gasteiger partial charge is 0.116 e. The maximum absolute atomic E-state index is 4.47. The molecule has 1 aliphatic carbocycles. The molecule has 2 aromatic rings. The van der Waals surface area contributed by atoms with E-state index in [4.69, 9.17) is 0 Å².